The highest BCUT2D eigenvalue weighted by Gasteiger charge is 2.39. The van der Waals surface area contributed by atoms with Crippen molar-refractivity contribution in [2.24, 2.45) is 5.92 Å². The van der Waals surface area contributed by atoms with Crippen LogP contribution in [0.1, 0.15) is 31.7 Å². The fourth-order valence-electron chi connectivity index (χ4n) is 2.20. The number of aryl methyl sites for hydroxylation is 1. The van der Waals surface area contributed by atoms with Gasteiger partial charge in [-0.05, 0) is 37.3 Å². The maximum Gasteiger partial charge on any atom is 0.241 e. The topological polar surface area (TPSA) is 46.2 Å². The van der Waals surface area contributed by atoms with Gasteiger partial charge in [-0.15, -0.1) is 0 Å². The molecule has 0 spiro atoms. The molecule has 0 radical (unpaired) electrons. The summed E-state index contributed by atoms with van der Waals surface area (Å²) in [5, 5.41) is 0. The summed E-state index contributed by atoms with van der Waals surface area (Å²) in [5.41, 5.74) is 0.799. The van der Waals surface area contributed by atoms with Crippen molar-refractivity contribution in [2.75, 3.05) is 0 Å². The maximum absolute atomic E-state index is 12.1. The average molecular weight is 253 g/mol. The Morgan fingerprint density at radius 3 is 2.71 bits per heavy atom. The molecule has 1 fully saturated rings. The van der Waals surface area contributed by atoms with E-state index in [9.17, 15) is 8.42 Å². The van der Waals surface area contributed by atoms with Crippen LogP contribution < -0.4 is 4.72 Å². The average Bonchev–Trinajstić information content (AvgIpc) is 2.96. The lowest BCUT2D eigenvalue weighted by Gasteiger charge is -2.08. The van der Waals surface area contributed by atoms with Gasteiger partial charge >= 0.3 is 0 Å². The molecule has 1 N–H and O–H groups in total. The van der Waals surface area contributed by atoms with Gasteiger partial charge < -0.3 is 0 Å². The number of rotatable bonds is 5. The van der Waals surface area contributed by atoms with E-state index < -0.39 is 10.0 Å². The van der Waals surface area contributed by atoms with Gasteiger partial charge in [-0.3, -0.25) is 0 Å². The third kappa shape index (κ3) is 2.87. The molecule has 94 valence electrons. The zero-order chi connectivity index (χ0) is 12.5. The zero-order valence-electron chi connectivity index (χ0n) is 10.3. The second-order valence-electron chi connectivity index (χ2n) is 4.78. The molecular weight excluding hydrogens is 234 g/mol. The smallest absolute Gasteiger partial charge is 0.208 e. The maximum atomic E-state index is 12.1. The molecule has 1 aliphatic rings. The minimum atomic E-state index is -3.33. The van der Waals surface area contributed by atoms with Crippen LogP contribution in [0.25, 0.3) is 0 Å². The monoisotopic (exact) mass is 253 g/mol. The Bertz CT molecular complexity index is 496. The summed E-state index contributed by atoms with van der Waals surface area (Å²) in [4.78, 5) is 0.405. The van der Waals surface area contributed by atoms with Crippen LogP contribution in [-0.2, 0) is 10.0 Å². The van der Waals surface area contributed by atoms with Crippen molar-refractivity contribution in [3.05, 3.63) is 29.8 Å². The summed E-state index contributed by atoms with van der Waals surface area (Å²) in [6.07, 6.45) is 3.22. The minimum Gasteiger partial charge on any atom is -0.208 e. The molecule has 1 aromatic rings. The van der Waals surface area contributed by atoms with Gasteiger partial charge in [0, 0.05) is 6.04 Å². The fraction of sp³-hybridized carbons (Fsp3) is 0.538. The first kappa shape index (κ1) is 12.6. The minimum absolute atomic E-state index is 0.152. The zero-order valence-corrected chi connectivity index (χ0v) is 11.1. The van der Waals surface area contributed by atoms with Crippen LogP contribution in [0.4, 0.5) is 0 Å². The van der Waals surface area contributed by atoms with E-state index in [1.54, 1.807) is 12.1 Å². The van der Waals surface area contributed by atoms with Crippen LogP contribution in [0.5, 0.6) is 0 Å². The van der Waals surface area contributed by atoms with Gasteiger partial charge in [-0.25, -0.2) is 13.1 Å². The Morgan fingerprint density at radius 2 is 2.06 bits per heavy atom. The van der Waals surface area contributed by atoms with Crippen LogP contribution in [0.2, 0.25) is 0 Å². The van der Waals surface area contributed by atoms with Crippen molar-refractivity contribution >= 4 is 10.0 Å². The van der Waals surface area contributed by atoms with Gasteiger partial charge in [-0.1, -0.05) is 31.5 Å². The third-order valence-corrected chi connectivity index (χ3v) is 4.92. The van der Waals surface area contributed by atoms with Crippen molar-refractivity contribution in [1.29, 1.82) is 0 Å². The summed E-state index contributed by atoms with van der Waals surface area (Å²) < 4.78 is 27.1. The Labute approximate surface area is 103 Å². The van der Waals surface area contributed by atoms with Gasteiger partial charge in [0.15, 0.2) is 0 Å². The SMILES string of the molecule is CCCC1CC1NS(=O)(=O)c1ccccc1C. The van der Waals surface area contributed by atoms with E-state index in [1.807, 2.05) is 19.1 Å². The van der Waals surface area contributed by atoms with Crippen LogP contribution in [-0.4, -0.2) is 14.5 Å². The summed E-state index contributed by atoms with van der Waals surface area (Å²) in [6, 6.07) is 7.25. The second kappa shape index (κ2) is 4.78. The molecule has 0 bridgehead atoms. The molecule has 17 heavy (non-hydrogen) atoms. The summed E-state index contributed by atoms with van der Waals surface area (Å²) >= 11 is 0. The fourth-order valence-corrected chi connectivity index (χ4v) is 3.77. The molecule has 1 saturated carbocycles. The lowest BCUT2D eigenvalue weighted by atomic mass is 10.2. The summed E-state index contributed by atoms with van der Waals surface area (Å²) in [7, 11) is -3.33. The molecule has 2 atom stereocenters. The predicted molar refractivity (Wildman–Crippen MR) is 68.3 cm³/mol. The summed E-state index contributed by atoms with van der Waals surface area (Å²) in [6.45, 7) is 3.95. The number of sulfonamides is 1. The highest BCUT2D eigenvalue weighted by Crippen LogP contribution is 2.35. The van der Waals surface area contributed by atoms with Gasteiger partial charge in [-0.2, -0.15) is 0 Å². The second-order valence-corrected chi connectivity index (χ2v) is 6.46. The van der Waals surface area contributed by atoms with E-state index in [1.165, 1.54) is 0 Å². The van der Waals surface area contributed by atoms with Crippen LogP contribution >= 0.6 is 0 Å². The van der Waals surface area contributed by atoms with Gasteiger partial charge in [0.05, 0.1) is 4.90 Å². The first-order valence-corrected chi connectivity index (χ1v) is 7.61. The first-order chi connectivity index (χ1) is 8.04. The third-order valence-electron chi connectivity index (χ3n) is 3.27. The molecule has 0 heterocycles. The number of hydrogen-bond donors (Lipinski definition) is 1. The van der Waals surface area contributed by atoms with Gasteiger partial charge in [0.25, 0.3) is 0 Å². The first-order valence-electron chi connectivity index (χ1n) is 6.12. The van der Waals surface area contributed by atoms with E-state index in [0.29, 0.717) is 10.8 Å². The molecule has 3 nitrogen and oxygen atoms in total. The van der Waals surface area contributed by atoms with E-state index in [0.717, 1.165) is 24.8 Å². The Kier molecular flexibility index (Phi) is 3.54. The molecule has 1 aromatic carbocycles. The van der Waals surface area contributed by atoms with Crippen molar-refractivity contribution < 1.29 is 8.42 Å². The standard InChI is InChI=1S/C13H19NO2S/c1-3-6-11-9-12(11)14-17(15,16)13-8-5-4-7-10(13)2/h4-5,7-8,11-12,14H,3,6,9H2,1-2H3. The lowest BCUT2D eigenvalue weighted by Crippen LogP contribution is -2.27. The molecule has 0 aliphatic heterocycles. The largest absolute Gasteiger partial charge is 0.241 e. The molecule has 0 amide bonds. The number of benzene rings is 1. The molecule has 0 saturated heterocycles. The van der Waals surface area contributed by atoms with Crippen LogP contribution in [0.15, 0.2) is 29.2 Å². The molecule has 4 heteroatoms. The lowest BCUT2D eigenvalue weighted by molar-refractivity contribution is 0.572. The van der Waals surface area contributed by atoms with Crippen LogP contribution in [0, 0.1) is 12.8 Å². The number of nitrogens with one attached hydrogen (secondary N) is 1. The molecule has 2 rings (SSSR count). The number of hydrogen-bond acceptors (Lipinski definition) is 2. The van der Waals surface area contributed by atoms with Crippen molar-refractivity contribution in [3.8, 4) is 0 Å². The van der Waals surface area contributed by atoms with Crippen molar-refractivity contribution in [3.63, 3.8) is 0 Å². The molecule has 2 unspecified atom stereocenters. The quantitative estimate of drug-likeness (QED) is 0.876. The van der Waals surface area contributed by atoms with E-state index >= 15 is 0 Å². The van der Waals surface area contributed by atoms with Crippen molar-refractivity contribution in [1.82, 2.24) is 4.72 Å². The highest BCUT2D eigenvalue weighted by atomic mass is 32.2. The van der Waals surface area contributed by atoms with Crippen LogP contribution in [0.3, 0.4) is 0 Å². The molecule has 0 aromatic heterocycles. The Balaban J connectivity index is 2.08. The van der Waals surface area contributed by atoms with E-state index in [2.05, 4.69) is 11.6 Å². The van der Waals surface area contributed by atoms with E-state index in [4.69, 9.17) is 0 Å². The highest BCUT2D eigenvalue weighted by molar-refractivity contribution is 7.89. The Hall–Kier alpha value is -0.870. The molecule has 1 aliphatic carbocycles. The van der Waals surface area contributed by atoms with Gasteiger partial charge in [0.1, 0.15) is 0 Å². The van der Waals surface area contributed by atoms with Gasteiger partial charge in [0.2, 0.25) is 10.0 Å². The normalized spacial score (nSPS) is 23.6. The molecular formula is C13H19NO2S. The Morgan fingerprint density at radius 1 is 1.35 bits per heavy atom. The summed E-state index contributed by atoms with van der Waals surface area (Å²) in [5.74, 6) is 0.541. The van der Waals surface area contributed by atoms with E-state index in [-0.39, 0.29) is 6.04 Å². The van der Waals surface area contributed by atoms with Crippen molar-refractivity contribution in [2.45, 2.75) is 44.0 Å². The predicted octanol–water partition coefficient (Wildman–Crippen LogP) is 2.46.